The molecule has 4 rings (SSSR count). The van der Waals surface area contributed by atoms with Gasteiger partial charge in [-0.1, -0.05) is 23.8 Å². The molecule has 0 unspecified atom stereocenters. The van der Waals surface area contributed by atoms with Crippen LogP contribution in [0.4, 0.5) is 0 Å². The van der Waals surface area contributed by atoms with E-state index in [0.717, 1.165) is 16.8 Å². The second-order valence-electron chi connectivity index (χ2n) is 7.42. The SMILES string of the molecule is Cc1ccc(-c2cc(C(=O)N3CCN(C(=O)c4ccco4)CC3)nn2C)c(C)c1. The molecular formula is C22H24N4O3. The predicted octanol–water partition coefficient (Wildman–Crippen LogP) is 2.90. The molecule has 0 bridgehead atoms. The van der Waals surface area contributed by atoms with Gasteiger partial charge < -0.3 is 14.2 Å². The van der Waals surface area contributed by atoms with Crippen molar-refractivity contribution in [3.8, 4) is 11.3 Å². The zero-order valence-electron chi connectivity index (χ0n) is 16.9. The number of aryl methyl sites for hydroxylation is 3. The van der Waals surface area contributed by atoms with Crippen molar-refractivity contribution >= 4 is 11.8 Å². The molecule has 1 aliphatic heterocycles. The number of benzene rings is 1. The third-order valence-corrected chi connectivity index (χ3v) is 5.34. The van der Waals surface area contributed by atoms with E-state index in [9.17, 15) is 9.59 Å². The highest BCUT2D eigenvalue weighted by atomic mass is 16.3. The molecule has 1 aromatic carbocycles. The molecular weight excluding hydrogens is 368 g/mol. The van der Waals surface area contributed by atoms with E-state index >= 15 is 0 Å². The zero-order chi connectivity index (χ0) is 20.5. The van der Waals surface area contributed by atoms with E-state index in [4.69, 9.17) is 4.42 Å². The Kier molecular flexibility index (Phi) is 4.96. The molecule has 0 saturated carbocycles. The number of rotatable bonds is 3. The van der Waals surface area contributed by atoms with Crippen LogP contribution in [0.3, 0.4) is 0 Å². The highest BCUT2D eigenvalue weighted by molar-refractivity contribution is 5.94. The minimum Gasteiger partial charge on any atom is -0.459 e. The molecule has 0 spiro atoms. The molecule has 0 aliphatic carbocycles. The smallest absolute Gasteiger partial charge is 0.289 e. The molecule has 7 nitrogen and oxygen atoms in total. The van der Waals surface area contributed by atoms with E-state index in [1.54, 1.807) is 26.6 Å². The molecule has 1 saturated heterocycles. The van der Waals surface area contributed by atoms with Gasteiger partial charge in [0.25, 0.3) is 11.8 Å². The van der Waals surface area contributed by atoms with Gasteiger partial charge in [0.1, 0.15) is 0 Å². The number of nitrogens with zero attached hydrogens (tertiary/aromatic N) is 4. The summed E-state index contributed by atoms with van der Waals surface area (Å²) in [5.41, 5.74) is 4.76. The molecule has 0 atom stereocenters. The number of amides is 2. The number of carbonyl (C=O) groups is 2. The molecule has 7 heteroatoms. The molecule has 2 aromatic heterocycles. The van der Waals surface area contributed by atoms with Crippen LogP contribution < -0.4 is 0 Å². The molecule has 0 N–H and O–H groups in total. The lowest BCUT2D eigenvalue weighted by atomic mass is 10.0. The van der Waals surface area contributed by atoms with Crippen LogP contribution in [0.25, 0.3) is 11.3 Å². The van der Waals surface area contributed by atoms with Crippen LogP contribution in [-0.4, -0.2) is 57.6 Å². The third kappa shape index (κ3) is 3.68. The Hall–Kier alpha value is -3.35. The van der Waals surface area contributed by atoms with Crippen LogP contribution in [0, 0.1) is 13.8 Å². The first kappa shape index (κ1) is 19.0. The molecule has 150 valence electrons. The van der Waals surface area contributed by atoms with Crippen molar-refractivity contribution in [1.82, 2.24) is 19.6 Å². The van der Waals surface area contributed by atoms with Gasteiger partial charge in [0, 0.05) is 38.8 Å². The fourth-order valence-corrected chi connectivity index (χ4v) is 3.76. The number of hydrogen-bond donors (Lipinski definition) is 0. The highest BCUT2D eigenvalue weighted by Gasteiger charge is 2.28. The Morgan fingerprint density at radius 3 is 2.28 bits per heavy atom. The number of carbonyl (C=O) groups excluding carboxylic acids is 2. The molecule has 1 fully saturated rings. The normalized spacial score (nSPS) is 14.3. The van der Waals surface area contributed by atoms with Crippen molar-refractivity contribution in [1.29, 1.82) is 0 Å². The summed E-state index contributed by atoms with van der Waals surface area (Å²) < 4.78 is 6.93. The van der Waals surface area contributed by atoms with Crippen LogP contribution in [0.15, 0.2) is 47.1 Å². The fourth-order valence-electron chi connectivity index (χ4n) is 3.76. The van der Waals surface area contributed by atoms with Gasteiger partial charge in [-0.05, 0) is 37.6 Å². The monoisotopic (exact) mass is 392 g/mol. The molecule has 1 aliphatic rings. The highest BCUT2D eigenvalue weighted by Crippen LogP contribution is 2.25. The lowest BCUT2D eigenvalue weighted by molar-refractivity contribution is 0.0515. The second kappa shape index (κ2) is 7.58. The summed E-state index contributed by atoms with van der Waals surface area (Å²) in [4.78, 5) is 28.8. The van der Waals surface area contributed by atoms with Crippen molar-refractivity contribution in [2.75, 3.05) is 26.2 Å². The van der Waals surface area contributed by atoms with E-state index in [1.165, 1.54) is 11.8 Å². The summed E-state index contributed by atoms with van der Waals surface area (Å²) in [6.07, 6.45) is 1.49. The van der Waals surface area contributed by atoms with Crippen LogP contribution in [0.1, 0.15) is 32.2 Å². The van der Waals surface area contributed by atoms with Crippen LogP contribution in [-0.2, 0) is 7.05 Å². The first-order valence-corrected chi connectivity index (χ1v) is 9.68. The van der Waals surface area contributed by atoms with Gasteiger partial charge in [0.2, 0.25) is 0 Å². The first-order valence-electron chi connectivity index (χ1n) is 9.68. The molecule has 29 heavy (non-hydrogen) atoms. The lowest BCUT2D eigenvalue weighted by Crippen LogP contribution is -2.50. The number of hydrogen-bond acceptors (Lipinski definition) is 4. The maximum absolute atomic E-state index is 13.0. The maximum atomic E-state index is 13.0. The van der Waals surface area contributed by atoms with Gasteiger partial charge in [0.15, 0.2) is 11.5 Å². The Morgan fingerprint density at radius 1 is 0.966 bits per heavy atom. The second-order valence-corrected chi connectivity index (χ2v) is 7.42. The number of aromatic nitrogens is 2. The van der Waals surface area contributed by atoms with Crippen molar-refractivity contribution in [3.63, 3.8) is 0 Å². The summed E-state index contributed by atoms with van der Waals surface area (Å²) in [7, 11) is 1.85. The van der Waals surface area contributed by atoms with Gasteiger partial charge in [-0.2, -0.15) is 5.10 Å². The van der Waals surface area contributed by atoms with Crippen molar-refractivity contribution < 1.29 is 14.0 Å². The predicted molar refractivity (Wildman–Crippen MR) is 109 cm³/mol. The summed E-state index contributed by atoms with van der Waals surface area (Å²) >= 11 is 0. The van der Waals surface area contributed by atoms with Gasteiger partial charge in [-0.25, -0.2) is 0 Å². The summed E-state index contributed by atoms with van der Waals surface area (Å²) in [5, 5.41) is 4.45. The van der Waals surface area contributed by atoms with E-state index in [2.05, 4.69) is 37.1 Å². The largest absolute Gasteiger partial charge is 0.459 e. The van der Waals surface area contributed by atoms with Crippen LogP contribution >= 0.6 is 0 Å². The van der Waals surface area contributed by atoms with E-state index < -0.39 is 0 Å². The molecule has 0 radical (unpaired) electrons. The first-order chi connectivity index (χ1) is 13.9. The topological polar surface area (TPSA) is 71.6 Å². The maximum Gasteiger partial charge on any atom is 0.289 e. The van der Waals surface area contributed by atoms with Gasteiger partial charge >= 0.3 is 0 Å². The Labute approximate surface area is 169 Å². The molecule has 3 aromatic rings. The van der Waals surface area contributed by atoms with Crippen molar-refractivity contribution in [3.05, 3.63) is 65.2 Å². The zero-order valence-corrected chi connectivity index (χ0v) is 16.9. The van der Waals surface area contributed by atoms with Crippen molar-refractivity contribution in [2.24, 2.45) is 7.05 Å². The Balaban J connectivity index is 1.46. The fraction of sp³-hybridized carbons (Fsp3) is 0.318. The lowest BCUT2D eigenvalue weighted by Gasteiger charge is -2.33. The quantitative estimate of drug-likeness (QED) is 0.687. The summed E-state index contributed by atoms with van der Waals surface area (Å²) in [5.74, 6) is 0.0754. The molecule has 2 amide bonds. The van der Waals surface area contributed by atoms with Gasteiger partial charge in [0.05, 0.1) is 12.0 Å². The Morgan fingerprint density at radius 2 is 1.66 bits per heavy atom. The van der Waals surface area contributed by atoms with E-state index in [1.807, 2.05) is 13.1 Å². The minimum atomic E-state index is -0.142. The Bertz CT molecular complexity index is 1040. The minimum absolute atomic E-state index is 0.110. The number of furan rings is 1. The summed E-state index contributed by atoms with van der Waals surface area (Å²) in [6.45, 7) is 6.02. The molecule has 3 heterocycles. The van der Waals surface area contributed by atoms with E-state index in [0.29, 0.717) is 37.6 Å². The van der Waals surface area contributed by atoms with Crippen molar-refractivity contribution in [2.45, 2.75) is 13.8 Å². The average Bonchev–Trinajstić information content (AvgIpc) is 3.37. The van der Waals surface area contributed by atoms with Gasteiger partial charge in [-0.3, -0.25) is 14.3 Å². The third-order valence-electron chi connectivity index (χ3n) is 5.34. The van der Waals surface area contributed by atoms with Crippen LogP contribution in [0.5, 0.6) is 0 Å². The van der Waals surface area contributed by atoms with E-state index in [-0.39, 0.29) is 11.8 Å². The standard InChI is InChI=1S/C22H24N4O3/c1-15-6-7-17(16(2)13-15)19-14-18(23-24(19)3)21(27)25-8-10-26(11-9-25)22(28)20-5-4-12-29-20/h4-7,12-14H,8-11H2,1-3H3. The number of piperazine rings is 1. The van der Waals surface area contributed by atoms with Gasteiger partial charge in [-0.15, -0.1) is 0 Å². The average molecular weight is 392 g/mol. The van der Waals surface area contributed by atoms with Crippen LogP contribution in [0.2, 0.25) is 0 Å². The summed E-state index contributed by atoms with van der Waals surface area (Å²) in [6, 6.07) is 11.4.